The Labute approximate surface area is 212 Å². The van der Waals surface area contributed by atoms with Crippen LogP contribution in [0.15, 0.2) is 71.6 Å². The van der Waals surface area contributed by atoms with E-state index in [-0.39, 0.29) is 35.7 Å². The summed E-state index contributed by atoms with van der Waals surface area (Å²) in [6.45, 7) is 0.923. The zero-order valence-electron chi connectivity index (χ0n) is 19.7. The van der Waals surface area contributed by atoms with E-state index in [0.717, 1.165) is 6.07 Å². The maximum Gasteiger partial charge on any atom is 0.320 e. The van der Waals surface area contributed by atoms with Crippen molar-refractivity contribution in [1.29, 1.82) is 0 Å². The molecular formula is C26H24F2N2O6S. The summed E-state index contributed by atoms with van der Waals surface area (Å²) in [5.74, 6) is -2.75. The van der Waals surface area contributed by atoms with Gasteiger partial charge in [-0.2, -0.15) is 4.31 Å². The van der Waals surface area contributed by atoms with Crippen molar-refractivity contribution in [3.05, 3.63) is 95.1 Å². The lowest BCUT2D eigenvalue weighted by atomic mass is 9.87. The molecule has 1 fully saturated rings. The minimum absolute atomic E-state index is 0.0454. The van der Waals surface area contributed by atoms with Crippen LogP contribution in [-0.4, -0.2) is 48.7 Å². The number of hydrogen-bond acceptors (Lipinski definition) is 6. The first-order valence-electron chi connectivity index (χ1n) is 11.2. The van der Waals surface area contributed by atoms with Gasteiger partial charge in [0.2, 0.25) is 10.0 Å². The zero-order chi connectivity index (χ0) is 27.0. The molecular weight excluding hydrogens is 506 g/mol. The summed E-state index contributed by atoms with van der Waals surface area (Å²) < 4.78 is 61.7. The average molecular weight is 531 g/mol. The molecule has 37 heavy (non-hydrogen) atoms. The smallest absolute Gasteiger partial charge is 0.320 e. The summed E-state index contributed by atoms with van der Waals surface area (Å²) in [4.78, 5) is 22.8. The average Bonchev–Trinajstić information content (AvgIpc) is 2.82. The van der Waals surface area contributed by atoms with E-state index in [9.17, 15) is 26.8 Å². The van der Waals surface area contributed by atoms with Gasteiger partial charge in [0.05, 0.1) is 23.5 Å². The Hall–Kier alpha value is -3.67. The lowest BCUT2D eigenvalue weighted by Crippen LogP contribution is -2.64. The molecule has 0 bridgehead atoms. The number of Topliss-reactive ketones (excluding diaryl/α,β-unsaturated/α-hetero) is 1. The number of sulfonamides is 1. The summed E-state index contributed by atoms with van der Waals surface area (Å²) in [6.07, 6.45) is -0.0512. The summed E-state index contributed by atoms with van der Waals surface area (Å²) >= 11 is 0. The van der Waals surface area contributed by atoms with Crippen LogP contribution in [0.5, 0.6) is 5.75 Å². The van der Waals surface area contributed by atoms with Gasteiger partial charge < -0.3 is 15.6 Å². The van der Waals surface area contributed by atoms with Gasteiger partial charge in [0, 0.05) is 0 Å². The minimum Gasteiger partial charge on any atom is -0.480 e. The quantitative estimate of drug-likeness (QED) is 0.407. The molecule has 4 rings (SSSR count). The van der Waals surface area contributed by atoms with Crippen molar-refractivity contribution in [1.82, 2.24) is 4.31 Å². The molecule has 0 unspecified atom stereocenters. The van der Waals surface area contributed by atoms with Crippen LogP contribution in [0.25, 0.3) is 0 Å². The highest BCUT2D eigenvalue weighted by Crippen LogP contribution is 2.40. The van der Waals surface area contributed by atoms with Crippen molar-refractivity contribution in [2.45, 2.75) is 29.9 Å². The second-order valence-electron chi connectivity index (χ2n) is 8.87. The van der Waals surface area contributed by atoms with Crippen LogP contribution in [0.1, 0.15) is 28.4 Å². The van der Waals surface area contributed by atoms with Gasteiger partial charge in [-0.15, -0.1) is 0 Å². The Morgan fingerprint density at radius 3 is 2.38 bits per heavy atom. The number of halogens is 2. The molecule has 1 heterocycles. The largest absolute Gasteiger partial charge is 0.480 e. The number of hydrogen-bond donors (Lipinski definition) is 2. The molecule has 0 aromatic heterocycles. The van der Waals surface area contributed by atoms with Gasteiger partial charge in [0.15, 0.2) is 11.4 Å². The summed E-state index contributed by atoms with van der Waals surface area (Å²) in [5, 5.41) is 9.05. The fourth-order valence-electron chi connectivity index (χ4n) is 4.14. The second kappa shape index (κ2) is 10.0. The third-order valence-electron chi connectivity index (χ3n) is 6.17. The molecule has 1 saturated heterocycles. The predicted octanol–water partition coefficient (Wildman–Crippen LogP) is 3.10. The van der Waals surface area contributed by atoms with Gasteiger partial charge in [-0.25, -0.2) is 17.2 Å². The van der Waals surface area contributed by atoms with Crippen LogP contribution in [0, 0.1) is 11.6 Å². The number of ketones is 1. The lowest BCUT2D eigenvalue weighted by Gasteiger charge is -2.49. The fraction of sp³-hybridized carbons (Fsp3) is 0.231. The Morgan fingerprint density at radius 1 is 1.08 bits per heavy atom. The number of carboxylic acids is 1. The van der Waals surface area contributed by atoms with Crippen LogP contribution in [0.4, 0.5) is 8.78 Å². The van der Waals surface area contributed by atoms with E-state index in [1.807, 2.05) is 0 Å². The number of carbonyl (C=O) groups is 2. The number of nitrogens with two attached hydrogens (primary N) is 1. The first-order valence-corrected chi connectivity index (χ1v) is 12.7. The highest BCUT2D eigenvalue weighted by Gasteiger charge is 2.52. The maximum atomic E-state index is 14.0. The molecule has 3 aromatic rings. The topological polar surface area (TPSA) is 127 Å². The van der Waals surface area contributed by atoms with Crippen molar-refractivity contribution in [2.75, 3.05) is 13.1 Å². The lowest BCUT2D eigenvalue weighted by molar-refractivity contribution is -0.138. The summed E-state index contributed by atoms with van der Waals surface area (Å²) in [5.41, 5.74) is 5.12. The number of aliphatic carboxylic acids is 1. The number of carboxylic acid groups (broad SMARTS) is 1. The molecule has 0 radical (unpaired) electrons. The normalized spacial score (nSPS) is 16.0. The van der Waals surface area contributed by atoms with Crippen molar-refractivity contribution in [3.8, 4) is 5.75 Å². The van der Waals surface area contributed by atoms with E-state index in [0.29, 0.717) is 11.1 Å². The molecule has 3 N–H and O–H groups in total. The monoisotopic (exact) mass is 530 g/mol. The van der Waals surface area contributed by atoms with Crippen LogP contribution >= 0.6 is 0 Å². The van der Waals surface area contributed by atoms with Crippen LogP contribution in [0.3, 0.4) is 0 Å². The Bertz CT molecular complexity index is 1450. The van der Waals surface area contributed by atoms with Gasteiger partial charge in [0.25, 0.3) is 0 Å². The molecule has 0 spiro atoms. The first-order chi connectivity index (χ1) is 17.4. The van der Waals surface area contributed by atoms with Crippen LogP contribution in [0.2, 0.25) is 0 Å². The molecule has 0 aliphatic carbocycles. The van der Waals surface area contributed by atoms with Gasteiger partial charge >= 0.3 is 5.97 Å². The molecule has 3 aromatic carbocycles. The molecule has 0 saturated carbocycles. The number of rotatable bonds is 9. The minimum atomic E-state index is -4.01. The third kappa shape index (κ3) is 5.38. The predicted molar refractivity (Wildman–Crippen MR) is 130 cm³/mol. The van der Waals surface area contributed by atoms with E-state index in [1.54, 1.807) is 6.07 Å². The fourth-order valence-corrected chi connectivity index (χ4v) is 5.75. The van der Waals surface area contributed by atoms with E-state index < -0.39 is 45.1 Å². The van der Waals surface area contributed by atoms with E-state index >= 15 is 0 Å². The number of benzene rings is 3. The van der Waals surface area contributed by atoms with Crippen LogP contribution in [-0.2, 0) is 26.8 Å². The molecule has 0 amide bonds. The van der Waals surface area contributed by atoms with Crippen LogP contribution < -0.4 is 10.5 Å². The highest BCUT2D eigenvalue weighted by molar-refractivity contribution is 7.89. The number of nitrogens with zero attached hydrogens (tertiary/aromatic N) is 1. The van der Waals surface area contributed by atoms with Gasteiger partial charge in [-0.3, -0.25) is 9.59 Å². The standard InChI is InChI=1S/C26H24F2N2O6S/c1-16(31)22-13-20(9-10-23(22)28)36-26(18-5-7-19(27)8-6-18)14-30(15-26)37(34,35)21-4-2-3-17(11-21)12-24(29)25(32)33/h2-11,13,24H,12,14-15,29H2,1H3,(H,32,33)/t24-/m0/s1. The zero-order valence-corrected chi connectivity index (χ0v) is 20.5. The number of carbonyl (C=O) groups excluding carboxylic acids is 1. The molecule has 1 aliphatic heterocycles. The summed E-state index contributed by atoms with van der Waals surface area (Å²) in [7, 11) is -4.01. The van der Waals surface area contributed by atoms with Gasteiger partial charge in [-0.1, -0.05) is 24.3 Å². The summed E-state index contributed by atoms with van der Waals surface area (Å²) in [6, 6.07) is 13.7. The van der Waals surface area contributed by atoms with E-state index in [2.05, 4.69) is 0 Å². The third-order valence-corrected chi connectivity index (χ3v) is 7.96. The molecule has 194 valence electrons. The first kappa shape index (κ1) is 26.4. The van der Waals surface area contributed by atoms with Crippen molar-refractivity contribution in [3.63, 3.8) is 0 Å². The molecule has 1 aliphatic rings. The van der Waals surface area contributed by atoms with Crippen molar-refractivity contribution in [2.24, 2.45) is 5.73 Å². The SMILES string of the molecule is CC(=O)c1cc(OC2(c3ccc(F)cc3)CN(S(=O)(=O)c3cccc(C[C@H](N)C(=O)O)c3)C2)ccc1F. The van der Waals surface area contributed by atoms with Crippen molar-refractivity contribution < 1.29 is 36.6 Å². The second-order valence-corrected chi connectivity index (χ2v) is 10.8. The molecule has 11 heteroatoms. The number of ether oxygens (including phenoxy) is 1. The molecule has 1 atom stereocenters. The Kier molecular flexibility index (Phi) is 7.13. The Balaban J connectivity index is 1.63. The van der Waals surface area contributed by atoms with Gasteiger partial charge in [-0.05, 0) is 66.9 Å². The maximum absolute atomic E-state index is 14.0. The van der Waals surface area contributed by atoms with E-state index in [1.165, 1.54) is 65.8 Å². The highest BCUT2D eigenvalue weighted by atomic mass is 32.2. The molecule has 8 nitrogen and oxygen atoms in total. The Morgan fingerprint density at radius 2 is 1.76 bits per heavy atom. The van der Waals surface area contributed by atoms with E-state index in [4.69, 9.17) is 15.6 Å². The van der Waals surface area contributed by atoms with Gasteiger partial charge in [0.1, 0.15) is 23.4 Å². The van der Waals surface area contributed by atoms with Crippen molar-refractivity contribution >= 4 is 21.8 Å².